The molecule has 0 N–H and O–H groups in total. The standard InChI is InChI=1S/C17H23ClN2O3/c1-4-23-16(22)20-11-9-19(10-12-20)15(21)17(2,3)13-5-7-14(18)8-6-13/h5-8H,4,9-12H2,1-3H3. The van der Waals surface area contributed by atoms with E-state index in [1.807, 2.05) is 30.9 Å². The van der Waals surface area contributed by atoms with Crippen LogP contribution in [0.4, 0.5) is 4.79 Å². The molecule has 1 aliphatic rings. The normalized spacial score (nSPS) is 15.5. The van der Waals surface area contributed by atoms with Gasteiger partial charge in [-0.05, 0) is 38.5 Å². The van der Waals surface area contributed by atoms with Crippen molar-refractivity contribution in [3.05, 3.63) is 34.9 Å². The number of halogens is 1. The number of piperazine rings is 1. The van der Waals surface area contributed by atoms with Gasteiger partial charge in [-0.25, -0.2) is 4.79 Å². The SMILES string of the molecule is CCOC(=O)N1CCN(C(=O)C(C)(C)c2ccc(Cl)cc2)CC1. The van der Waals surface area contributed by atoms with Gasteiger partial charge in [0.05, 0.1) is 12.0 Å². The van der Waals surface area contributed by atoms with Crippen LogP contribution in [-0.2, 0) is 14.9 Å². The fourth-order valence-corrected chi connectivity index (χ4v) is 2.82. The highest BCUT2D eigenvalue weighted by Gasteiger charge is 2.35. The Morgan fingerprint density at radius 3 is 2.13 bits per heavy atom. The highest BCUT2D eigenvalue weighted by atomic mass is 35.5. The molecule has 1 aromatic rings. The fourth-order valence-electron chi connectivity index (χ4n) is 2.69. The molecule has 0 atom stereocenters. The van der Waals surface area contributed by atoms with Crippen molar-refractivity contribution in [3.8, 4) is 0 Å². The van der Waals surface area contributed by atoms with Crippen molar-refractivity contribution in [2.45, 2.75) is 26.2 Å². The zero-order chi connectivity index (χ0) is 17.0. The molecule has 2 amide bonds. The Labute approximate surface area is 142 Å². The van der Waals surface area contributed by atoms with Crippen LogP contribution in [0.2, 0.25) is 5.02 Å². The third kappa shape index (κ3) is 3.96. The van der Waals surface area contributed by atoms with E-state index < -0.39 is 5.41 Å². The van der Waals surface area contributed by atoms with E-state index in [4.69, 9.17) is 16.3 Å². The molecule has 1 aromatic carbocycles. The zero-order valence-corrected chi connectivity index (χ0v) is 14.6. The van der Waals surface area contributed by atoms with Crippen LogP contribution in [0.15, 0.2) is 24.3 Å². The molecule has 23 heavy (non-hydrogen) atoms. The van der Waals surface area contributed by atoms with Gasteiger partial charge in [-0.2, -0.15) is 0 Å². The maximum atomic E-state index is 12.9. The molecule has 2 rings (SSSR count). The number of hydrogen-bond donors (Lipinski definition) is 0. The fraction of sp³-hybridized carbons (Fsp3) is 0.529. The van der Waals surface area contributed by atoms with Crippen LogP contribution >= 0.6 is 11.6 Å². The monoisotopic (exact) mass is 338 g/mol. The summed E-state index contributed by atoms with van der Waals surface area (Å²) < 4.78 is 5.00. The predicted octanol–water partition coefficient (Wildman–Crippen LogP) is 2.92. The van der Waals surface area contributed by atoms with Crippen LogP contribution in [0.25, 0.3) is 0 Å². The minimum absolute atomic E-state index is 0.0586. The van der Waals surface area contributed by atoms with Gasteiger partial charge in [-0.15, -0.1) is 0 Å². The molecule has 0 aliphatic carbocycles. The molecular weight excluding hydrogens is 316 g/mol. The third-order valence-corrected chi connectivity index (χ3v) is 4.45. The molecule has 0 spiro atoms. The second-order valence-electron chi connectivity index (χ2n) is 6.11. The molecule has 1 saturated heterocycles. The average Bonchev–Trinajstić information content (AvgIpc) is 2.55. The van der Waals surface area contributed by atoms with E-state index in [0.717, 1.165) is 5.56 Å². The van der Waals surface area contributed by atoms with Crippen LogP contribution in [0, 0.1) is 0 Å². The van der Waals surface area contributed by atoms with Gasteiger partial charge in [0, 0.05) is 31.2 Å². The Balaban J connectivity index is 2.01. The van der Waals surface area contributed by atoms with E-state index in [-0.39, 0.29) is 12.0 Å². The first-order valence-corrected chi connectivity index (χ1v) is 8.21. The summed E-state index contributed by atoms with van der Waals surface area (Å²) >= 11 is 5.92. The van der Waals surface area contributed by atoms with Crippen molar-refractivity contribution in [1.29, 1.82) is 0 Å². The average molecular weight is 339 g/mol. The number of hydrogen-bond acceptors (Lipinski definition) is 3. The van der Waals surface area contributed by atoms with Crippen LogP contribution < -0.4 is 0 Å². The van der Waals surface area contributed by atoms with Gasteiger partial charge < -0.3 is 14.5 Å². The van der Waals surface area contributed by atoms with Gasteiger partial charge in [-0.3, -0.25) is 4.79 Å². The number of carbonyl (C=O) groups excluding carboxylic acids is 2. The topological polar surface area (TPSA) is 49.9 Å². The molecule has 0 aromatic heterocycles. The molecule has 0 bridgehead atoms. The molecule has 1 fully saturated rings. The Bertz CT molecular complexity index is 564. The van der Waals surface area contributed by atoms with Crippen LogP contribution in [0.5, 0.6) is 0 Å². The Kier molecular flexibility index (Phi) is 5.52. The minimum atomic E-state index is -0.628. The van der Waals surface area contributed by atoms with E-state index in [9.17, 15) is 9.59 Å². The first-order chi connectivity index (χ1) is 10.9. The van der Waals surface area contributed by atoms with Crippen molar-refractivity contribution in [1.82, 2.24) is 9.80 Å². The van der Waals surface area contributed by atoms with E-state index in [2.05, 4.69) is 0 Å². The zero-order valence-electron chi connectivity index (χ0n) is 13.8. The number of benzene rings is 1. The van der Waals surface area contributed by atoms with Crippen molar-refractivity contribution in [2.24, 2.45) is 0 Å². The van der Waals surface area contributed by atoms with Crippen LogP contribution in [0.1, 0.15) is 26.3 Å². The lowest BCUT2D eigenvalue weighted by molar-refractivity contribution is -0.137. The quantitative estimate of drug-likeness (QED) is 0.851. The van der Waals surface area contributed by atoms with Gasteiger partial charge in [0.2, 0.25) is 5.91 Å². The Morgan fingerprint density at radius 1 is 1.09 bits per heavy atom. The highest BCUT2D eigenvalue weighted by Crippen LogP contribution is 2.27. The van der Waals surface area contributed by atoms with Gasteiger partial charge >= 0.3 is 6.09 Å². The van der Waals surface area contributed by atoms with Crippen molar-refractivity contribution >= 4 is 23.6 Å². The number of amides is 2. The van der Waals surface area contributed by atoms with Crippen LogP contribution in [0.3, 0.4) is 0 Å². The second-order valence-corrected chi connectivity index (χ2v) is 6.55. The molecule has 126 valence electrons. The summed E-state index contributed by atoms with van der Waals surface area (Å²) in [5, 5.41) is 0.653. The summed E-state index contributed by atoms with van der Waals surface area (Å²) in [5.41, 5.74) is 0.302. The number of rotatable bonds is 3. The molecule has 1 aliphatic heterocycles. The Hall–Kier alpha value is -1.75. The number of ether oxygens (including phenoxy) is 1. The van der Waals surface area contributed by atoms with E-state index in [1.54, 1.807) is 24.0 Å². The molecular formula is C17H23ClN2O3. The molecule has 6 heteroatoms. The van der Waals surface area contributed by atoms with E-state index in [1.165, 1.54) is 0 Å². The first-order valence-electron chi connectivity index (χ1n) is 7.83. The lowest BCUT2D eigenvalue weighted by atomic mass is 9.83. The summed E-state index contributed by atoms with van der Waals surface area (Å²) in [6.07, 6.45) is -0.309. The molecule has 5 nitrogen and oxygen atoms in total. The van der Waals surface area contributed by atoms with E-state index >= 15 is 0 Å². The number of carbonyl (C=O) groups is 2. The van der Waals surface area contributed by atoms with E-state index in [0.29, 0.717) is 37.8 Å². The number of nitrogens with zero attached hydrogens (tertiary/aromatic N) is 2. The van der Waals surface area contributed by atoms with Gasteiger partial charge in [0.25, 0.3) is 0 Å². The Morgan fingerprint density at radius 2 is 1.61 bits per heavy atom. The predicted molar refractivity (Wildman–Crippen MR) is 89.7 cm³/mol. The second kappa shape index (κ2) is 7.21. The molecule has 0 unspecified atom stereocenters. The lowest BCUT2D eigenvalue weighted by Gasteiger charge is -2.38. The van der Waals surface area contributed by atoms with Crippen LogP contribution in [-0.4, -0.2) is 54.6 Å². The smallest absolute Gasteiger partial charge is 0.409 e. The van der Waals surface area contributed by atoms with Gasteiger partial charge in [-0.1, -0.05) is 23.7 Å². The summed E-state index contributed by atoms with van der Waals surface area (Å²) in [6, 6.07) is 7.36. The van der Waals surface area contributed by atoms with Crippen molar-refractivity contribution < 1.29 is 14.3 Å². The maximum Gasteiger partial charge on any atom is 0.409 e. The largest absolute Gasteiger partial charge is 0.450 e. The summed E-state index contributed by atoms with van der Waals surface area (Å²) in [5.74, 6) is 0.0586. The summed E-state index contributed by atoms with van der Waals surface area (Å²) in [7, 11) is 0. The molecule has 0 saturated carbocycles. The van der Waals surface area contributed by atoms with Crippen molar-refractivity contribution in [2.75, 3.05) is 32.8 Å². The highest BCUT2D eigenvalue weighted by molar-refractivity contribution is 6.30. The van der Waals surface area contributed by atoms with Gasteiger partial charge in [0.1, 0.15) is 0 Å². The first kappa shape index (κ1) is 17.6. The summed E-state index contributed by atoms with van der Waals surface area (Å²) in [4.78, 5) is 28.0. The molecule has 1 heterocycles. The lowest BCUT2D eigenvalue weighted by Crippen LogP contribution is -2.54. The minimum Gasteiger partial charge on any atom is -0.450 e. The van der Waals surface area contributed by atoms with Gasteiger partial charge in [0.15, 0.2) is 0 Å². The molecule has 0 radical (unpaired) electrons. The van der Waals surface area contributed by atoms with Crippen molar-refractivity contribution in [3.63, 3.8) is 0 Å². The maximum absolute atomic E-state index is 12.9. The third-order valence-electron chi connectivity index (χ3n) is 4.19. The summed E-state index contributed by atoms with van der Waals surface area (Å²) in [6.45, 7) is 8.02.